The highest BCUT2D eigenvalue weighted by molar-refractivity contribution is 5.90. The van der Waals surface area contributed by atoms with Gasteiger partial charge in [0.2, 0.25) is 11.8 Å². The first-order chi connectivity index (χ1) is 11.8. The number of ether oxygens (including phenoxy) is 1. The van der Waals surface area contributed by atoms with Crippen molar-refractivity contribution in [2.24, 2.45) is 5.41 Å². The van der Waals surface area contributed by atoms with E-state index >= 15 is 0 Å². The average molecular weight is 368 g/mol. The molecule has 1 atom stereocenters. The lowest BCUT2D eigenvalue weighted by Gasteiger charge is -2.41. The monoisotopic (exact) mass is 368 g/mol. The fraction of sp³-hybridized carbons (Fsp3) is 0.833. The van der Waals surface area contributed by atoms with Crippen LogP contribution in [0.5, 0.6) is 0 Å². The Labute approximate surface area is 155 Å². The Hall–Kier alpha value is -1.83. The maximum absolute atomic E-state index is 13.1. The van der Waals surface area contributed by atoms with Crippen LogP contribution in [0, 0.1) is 5.41 Å². The van der Waals surface area contributed by atoms with Crippen LogP contribution < -0.4 is 16.0 Å². The molecule has 0 aromatic carbocycles. The molecule has 0 radical (unpaired) electrons. The van der Waals surface area contributed by atoms with Gasteiger partial charge < -0.3 is 20.3 Å². The number of hydrogen-bond donors (Lipinski definition) is 3. The quantitative estimate of drug-likeness (QED) is 0.674. The van der Waals surface area contributed by atoms with E-state index in [9.17, 15) is 14.4 Å². The van der Waals surface area contributed by atoms with Crippen molar-refractivity contribution in [1.82, 2.24) is 20.9 Å². The highest BCUT2D eigenvalue weighted by Gasteiger charge is 2.46. The van der Waals surface area contributed by atoms with Crippen LogP contribution in [-0.4, -0.2) is 59.7 Å². The number of alkyl carbamates (subject to hydrolysis) is 1. The van der Waals surface area contributed by atoms with Gasteiger partial charge in [0.05, 0.1) is 6.67 Å². The molecule has 2 rings (SSSR count). The van der Waals surface area contributed by atoms with Crippen molar-refractivity contribution in [3.8, 4) is 0 Å². The Morgan fingerprint density at radius 1 is 1.15 bits per heavy atom. The molecular formula is C18H32N4O4. The van der Waals surface area contributed by atoms with Crippen LogP contribution >= 0.6 is 0 Å². The molecular weight excluding hydrogens is 336 g/mol. The molecule has 8 heteroatoms. The molecule has 2 aliphatic rings. The van der Waals surface area contributed by atoms with Crippen molar-refractivity contribution >= 4 is 17.9 Å². The lowest BCUT2D eigenvalue weighted by Crippen LogP contribution is -2.60. The van der Waals surface area contributed by atoms with E-state index in [1.807, 2.05) is 20.8 Å². The van der Waals surface area contributed by atoms with Crippen molar-refractivity contribution in [1.29, 1.82) is 0 Å². The molecule has 148 valence electrons. The molecule has 2 saturated heterocycles. The molecule has 0 bridgehead atoms. The van der Waals surface area contributed by atoms with Crippen LogP contribution in [0.25, 0.3) is 0 Å². The normalized spacial score (nSPS) is 21.3. The molecule has 0 aromatic rings. The number of piperidine rings is 1. The van der Waals surface area contributed by atoms with E-state index in [-0.39, 0.29) is 11.8 Å². The molecule has 0 unspecified atom stereocenters. The topological polar surface area (TPSA) is 99.8 Å². The summed E-state index contributed by atoms with van der Waals surface area (Å²) in [5.41, 5.74) is -1.66. The summed E-state index contributed by atoms with van der Waals surface area (Å²) in [6.07, 6.45) is 0.526. The smallest absolute Gasteiger partial charge is 0.408 e. The molecule has 0 saturated carbocycles. The highest BCUT2D eigenvalue weighted by Crippen LogP contribution is 2.28. The highest BCUT2D eigenvalue weighted by atomic mass is 16.6. The molecule has 3 N–H and O–H groups in total. The summed E-state index contributed by atoms with van der Waals surface area (Å²) < 4.78 is 5.31. The van der Waals surface area contributed by atoms with Gasteiger partial charge in [0.15, 0.2) is 0 Å². The summed E-state index contributed by atoms with van der Waals surface area (Å²) in [5, 5.41) is 8.74. The first-order valence-electron chi connectivity index (χ1n) is 9.16. The fourth-order valence-electron chi connectivity index (χ4n) is 3.31. The Morgan fingerprint density at radius 2 is 1.73 bits per heavy atom. The summed E-state index contributed by atoms with van der Waals surface area (Å²) in [7, 11) is 0. The minimum absolute atomic E-state index is 0.00357. The minimum atomic E-state index is -0.697. The second-order valence-electron chi connectivity index (χ2n) is 9.21. The number of nitrogens with zero attached hydrogens (tertiary/aromatic N) is 1. The molecule has 1 spiro atoms. The van der Waals surface area contributed by atoms with Crippen molar-refractivity contribution < 1.29 is 19.1 Å². The molecule has 26 heavy (non-hydrogen) atoms. The number of nitrogens with one attached hydrogen (secondary N) is 3. The van der Waals surface area contributed by atoms with Crippen molar-refractivity contribution in [2.75, 3.05) is 19.8 Å². The van der Waals surface area contributed by atoms with E-state index in [0.717, 1.165) is 0 Å². The van der Waals surface area contributed by atoms with Crippen LogP contribution in [0.15, 0.2) is 0 Å². The van der Waals surface area contributed by atoms with Gasteiger partial charge >= 0.3 is 6.09 Å². The first-order valence-corrected chi connectivity index (χ1v) is 9.16. The van der Waals surface area contributed by atoms with Crippen molar-refractivity contribution in [2.45, 2.75) is 71.6 Å². The van der Waals surface area contributed by atoms with Crippen LogP contribution in [0.3, 0.4) is 0 Å². The summed E-state index contributed by atoms with van der Waals surface area (Å²) in [4.78, 5) is 39.0. The molecule has 0 aliphatic carbocycles. The second-order valence-corrected chi connectivity index (χ2v) is 9.21. The predicted octanol–water partition coefficient (Wildman–Crippen LogP) is 0.964. The van der Waals surface area contributed by atoms with Crippen LogP contribution in [-0.2, 0) is 14.3 Å². The van der Waals surface area contributed by atoms with E-state index in [0.29, 0.717) is 32.6 Å². The van der Waals surface area contributed by atoms with Gasteiger partial charge in [-0.1, -0.05) is 20.8 Å². The lowest BCUT2D eigenvalue weighted by atomic mass is 9.83. The Kier molecular flexibility index (Phi) is 5.56. The zero-order chi connectivity index (χ0) is 19.8. The van der Waals surface area contributed by atoms with Gasteiger partial charge in [0.1, 0.15) is 17.2 Å². The summed E-state index contributed by atoms with van der Waals surface area (Å²) >= 11 is 0. The number of hydrogen-bond acceptors (Lipinski definition) is 5. The number of rotatable bonds is 2. The standard InChI is InChI=1S/C18H32N4O4/c1-16(2,3)12(21-15(25)26-17(4,5)6)13(23)22-9-7-18(8-10-22)14(24)19-11-20-18/h12,20H,7-11H2,1-6H3,(H,19,24)(H,21,25)/t12-/m1/s1. The van der Waals surface area contributed by atoms with Crippen LogP contribution in [0.4, 0.5) is 4.79 Å². The summed E-state index contributed by atoms with van der Waals surface area (Å²) in [5.74, 6) is -0.138. The Balaban J connectivity index is 2.03. The van der Waals surface area contributed by atoms with E-state index in [4.69, 9.17) is 4.74 Å². The van der Waals surface area contributed by atoms with Gasteiger partial charge in [-0.15, -0.1) is 0 Å². The van der Waals surface area contributed by atoms with Gasteiger partial charge in [0, 0.05) is 13.1 Å². The van der Waals surface area contributed by atoms with Gasteiger partial charge in [-0.25, -0.2) is 4.79 Å². The number of carbonyl (C=O) groups excluding carboxylic acids is 3. The maximum Gasteiger partial charge on any atom is 0.408 e. The SMILES string of the molecule is CC(C)(C)OC(=O)N[C@H](C(=O)N1CCC2(CC1)NCNC2=O)C(C)(C)C. The summed E-state index contributed by atoms with van der Waals surface area (Å²) in [6.45, 7) is 12.5. The van der Waals surface area contributed by atoms with Crippen LogP contribution in [0.2, 0.25) is 0 Å². The van der Waals surface area contributed by atoms with E-state index < -0.39 is 28.7 Å². The third-order valence-electron chi connectivity index (χ3n) is 4.81. The summed E-state index contributed by atoms with van der Waals surface area (Å²) in [6, 6.07) is -0.697. The number of carbonyl (C=O) groups is 3. The second kappa shape index (κ2) is 7.06. The zero-order valence-corrected chi connectivity index (χ0v) is 16.7. The lowest BCUT2D eigenvalue weighted by molar-refractivity contribution is -0.139. The molecule has 2 heterocycles. The van der Waals surface area contributed by atoms with E-state index in [1.54, 1.807) is 25.7 Å². The van der Waals surface area contributed by atoms with Gasteiger partial charge in [-0.05, 0) is 39.0 Å². The molecule has 3 amide bonds. The van der Waals surface area contributed by atoms with E-state index in [2.05, 4.69) is 16.0 Å². The molecule has 2 fully saturated rings. The van der Waals surface area contributed by atoms with Crippen molar-refractivity contribution in [3.63, 3.8) is 0 Å². The largest absolute Gasteiger partial charge is 0.444 e. The Bertz CT molecular complexity index is 569. The third kappa shape index (κ3) is 4.66. The molecule has 8 nitrogen and oxygen atoms in total. The first kappa shape index (κ1) is 20.5. The minimum Gasteiger partial charge on any atom is -0.444 e. The maximum atomic E-state index is 13.1. The van der Waals surface area contributed by atoms with E-state index in [1.165, 1.54) is 0 Å². The average Bonchev–Trinajstić information content (AvgIpc) is 2.83. The fourth-order valence-corrected chi connectivity index (χ4v) is 3.31. The zero-order valence-electron chi connectivity index (χ0n) is 16.7. The van der Waals surface area contributed by atoms with Crippen molar-refractivity contribution in [3.05, 3.63) is 0 Å². The van der Waals surface area contributed by atoms with Crippen LogP contribution in [0.1, 0.15) is 54.4 Å². The third-order valence-corrected chi connectivity index (χ3v) is 4.81. The number of amides is 3. The molecule has 0 aromatic heterocycles. The Morgan fingerprint density at radius 3 is 2.15 bits per heavy atom. The van der Waals surface area contributed by atoms with Gasteiger partial charge in [-0.3, -0.25) is 14.9 Å². The molecule has 2 aliphatic heterocycles. The number of likely N-dealkylation sites (tertiary alicyclic amines) is 1. The van der Waals surface area contributed by atoms with Gasteiger partial charge in [0.25, 0.3) is 0 Å². The van der Waals surface area contributed by atoms with Gasteiger partial charge in [-0.2, -0.15) is 0 Å². The predicted molar refractivity (Wildman–Crippen MR) is 97.3 cm³/mol.